The predicted molar refractivity (Wildman–Crippen MR) is 117 cm³/mol. The molecule has 1 aromatic heterocycles. The Hall–Kier alpha value is -3.77. The Labute approximate surface area is 196 Å². The van der Waals surface area contributed by atoms with Crippen molar-refractivity contribution in [2.45, 2.75) is 6.18 Å². The molecule has 0 bridgehead atoms. The van der Waals surface area contributed by atoms with E-state index >= 15 is 0 Å². The fourth-order valence-corrected chi connectivity index (χ4v) is 2.98. The largest absolute Gasteiger partial charge is 0.618 e. The van der Waals surface area contributed by atoms with Gasteiger partial charge in [0.2, 0.25) is 0 Å². The zero-order valence-corrected chi connectivity index (χ0v) is 18.2. The second kappa shape index (κ2) is 10.4. The van der Waals surface area contributed by atoms with Crippen LogP contribution >= 0.6 is 11.6 Å². The summed E-state index contributed by atoms with van der Waals surface area (Å²) in [5.74, 6) is -1.06. The molecule has 3 aromatic rings. The molecule has 0 aliphatic rings. The molecule has 0 spiro atoms. The minimum Gasteiger partial charge on any atom is -0.618 e. The van der Waals surface area contributed by atoms with Crippen LogP contribution in [-0.2, 0) is 6.18 Å². The van der Waals surface area contributed by atoms with Crippen molar-refractivity contribution in [3.8, 4) is 11.5 Å². The summed E-state index contributed by atoms with van der Waals surface area (Å²) >= 11 is 5.58. The number of carbonyl (C=O) groups excluding carboxylic acids is 1. The molecule has 8 nitrogen and oxygen atoms in total. The van der Waals surface area contributed by atoms with Crippen LogP contribution in [0, 0.1) is 11.0 Å². The molecule has 0 aliphatic carbocycles. The molecule has 34 heavy (non-hydrogen) atoms. The lowest BCUT2D eigenvalue weighted by atomic mass is 10.2. The second-order valence-electron chi connectivity index (χ2n) is 6.74. The van der Waals surface area contributed by atoms with Gasteiger partial charge in [0, 0.05) is 24.9 Å². The molecule has 2 aromatic carbocycles. The SMILES string of the molecule is CNC(=O)c1cc(Oc2ccc(NNCNc3ccc(Cl)c(C(F)(F)F)c3)c(F)c2)cc[n+]1[O-]. The Morgan fingerprint density at radius 1 is 1.12 bits per heavy atom. The lowest BCUT2D eigenvalue weighted by Crippen LogP contribution is -2.37. The van der Waals surface area contributed by atoms with Crippen LogP contribution in [0.15, 0.2) is 54.7 Å². The molecular formula is C21H18ClF4N5O3. The molecule has 1 heterocycles. The molecule has 0 aliphatic heterocycles. The molecular weight excluding hydrogens is 482 g/mol. The number of halogens is 5. The van der Waals surface area contributed by atoms with Crippen molar-refractivity contribution in [2.75, 3.05) is 24.5 Å². The Morgan fingerprint density at radius 3 is 2.53 bits per heavy atom. The summed E-state index contributed by atoms with van der Waals surface area (Å²) in [6.07, 6.45) is -3.51. The maximum atomic E-state index is 14.4. The van der Waals surface area contributed by atoms with Crippen LogP contribution in [0.25, 0.3) is 0 Å². The van der Waals surface area contributed by atoms with E-state index in [-0.39, 0.29) is 35.2 Å². The normalized spacial score (nSPS) is 11.1. The van der Waals surface area contributed by atoms with E-state index in [0.717, 1.165) is 24.4 Å². The van der Waals surface area contributed by atoms with Crippen molar-refractivity contribution in [3.05, 3.63) is 82.0 Å². The molecule has 0 saturated heterocycles. The number of amides is 1. The number of aromatic nitrogens is 1. The lowest BCUT2D eigenvalue weighted by molar-refractivity contribution is -0.607. The van der Waals surface area contributed by atoms with Gasteiger partial charge < -0.3 is 26.0 Å². The van der Waals surface area contributed by atoms with Crippen LogP contribution in [0.2, 0.25) is 5.02 Å². The number of benzene rings is 2. The average Bonchev–Trinajstić information content (AvgIpc) is 2.79. The van der Waals surface area contributed by atoms with Gasteiger partial charge in [0.15, 0.2) is 12.0 Å². The summed E-state index contributed by atoms with van der Waals surface area (Å²) in [7, 11) is 1.37. The smallest absolute Gasteiger partial charge is 0.417 e. The number of pyridine rings is 1. The van der Waals surface area contributed by atoms with E-state index < -0.39 is 28.5 Å². The Kier molecular flexibility index (Phi) is 7.64. The Bertz CT molecular complexity index is 1190. The van der Waals surface area contributed by atoms with E-state index in [9.17, 15) is 27.6 Å². The van der Waals surface area contributed by atoms with Crippen molar-refractivity contribution >= 4 is 28.9 Å². The fraction of sp³-hybridized carbons (Fsp3) is 0.143. The minimum atomic E-state index is -4.59. The molecule has 0 saturated carbocycles. The first kappa shape index (κ1) is 24.9. The average molecular weight is 500 g/mol. The van der Waals surface area contributed by atoms with Gasteiger partial charge >= 0.3 is 12.1 Å². The number of rotatable bonds is 8. The van der Waals surface area contributed by atoms with E-state index in [0.29, 0.717) is 4.73 Å². The third kappa shape index (κ3) is 6.17. The zero-order chi connectivity index (χ0) is 24.9. The third-order valence-corrected chi connectivity index (χ3v) is 4.73. The van der Waals surface area contributed by atoms with Crippen LogP contribution in [-0.4, -0.2) is 19.6 Å². The van der Waals surface area contributed by atoms with E-state index in [1.165, 1.54) is 37.4 Å². The van der Waals surface area contributed by atoms with Crippen LogP contribution in [0.5, 0.6) is 11.5 Å². The third-order valence-electron chi connectivity index (χ3n) is 4.40. The van der Waals surface area contributed by atoms with Crippen molar-refractivity contribution in [1.82, 2.24) is 10.7 Å². The summed E-state index contributed by atoms with van der Waals surface area (Å²) in [5, 5.41) is 16.3. The van der Waals surface area contributed by atoms with Gasteiger partial charge in [0.1, 0.15) is 11.5 Å². The van der Waals surface area contributed by atoms with E-state index in [1.54, 1.807) is 0 Å². The minimum absolute atomic E-state index is 0.0396. The topological polar surface area (TPSA) is 101 Å². The first-order chi connectivity index (χ1) is 16.1. The van der Waals surface area contributed by atoms with Gasteiger partial charge in [-0.2, -0.15) is 17.9 Å². The zero-order valence-electron chi connectivity index (χ0n) is 17.5. The lowest BCUT2D eigenvalue weighted by Gasteiger charge is -2.14. The summed E-state index contributed by atoms with van der Waals surface area (Å²) in [6.45, 7) is -0.0436. The monoisotopic (exact) mass is 499 g/mol. The molecule has 1 amide bonds. The van der Waals surface area contributed by atoms with Gasteiger partial charge in [-0.1, -0.05) is 11.6 Å². The second-order valence-corrected chi connectivity index (χ2v) is 7.15. The highest BCUT2D eigenvalue weighted by atomic mass is 35.5. The quantitative estimate of drug-likeness (QED) is 0.0922. The number of alkyl halides is 3. The number of nitrogens with one attached hydrogen (secondary N) is 4. The first-order valence-electron chi connectivity index (χ1n) is 9.60. The van der Waals surface area contributed by atoms with Gasteiger partial charge in [-0.15, -0.1) is 0 Å². The van der Waals surface area contributed by atoms with Gasteiger partial charge in [-0.05, 0) is 30.3 Å². The summed E-state index contributed by atoms with van der Waals surface area (Å²) < 4.78 is 59.0. The van der Waals surface area contributed by atoms with Crippen LogP contribution in [0.3, 0.4) is 0 Å². The van der Waals surface area contributed by atoms with Crippen LogP contribution < -0.4 is 31.0 Å². The highest BCUT2D eigenvalue weighted by Crippen LogP contribution is 2.36. The van der Waals surface area contributed by atoms with Crippen molar-refractivity contribution in [3.63, 3.8) is 0 Å². The maximum absolute atomic E-state index is 14.4. The highest BCUT2D eigenvalue weighted by Gasteiger charge is 2.33. The predicted octanol–water partition coefficient (Wildman–Crippen LogP) is 4.27. The first-order valence-corrected chi connectivity index (χ1v) is 9.98. The van der Waals surface area contributed by atoms with E-state index in [4.69, 9.17) is 16.3 Å². The molecule has 4 N–H and O–H groups in total. The van der Waals surface area contributed by atoms with Gasteiger partial charge in [0.05, 0.1) is 29.0 Å². The Morgan fingerprint density at radius 2 is 1.85 bits per heavy atom. The summed E-state index contributed by atoms with van der Waals surface area (Å²) in [4.78, 5) is 11.7. The van der Waals surface area contributed by atoms with Gasteiger partial charge in [-0.25, -0.2) is 9.82 Å². The number of carbonyl (C=O) groups is 1. The number of hydrogen-bond acceptors (Lipinski definition) is 6. The fourth-order valence-electron chi connectivity index (χ4n) is 2.76. The number of hydrazine groups is 1. The van der Waals surface area contributed by atoms with Crippen LogP contribution in [0.4, 0.5) is 28.9 Å². The van der Waals surface area contributed by atoms with E-state index in [1.807, 2.05) is 0 Å². The van der Waals surface area contributed by atoms with Crippen molar-refractivity contribution < 1.29 is 31.8 Å². The Balaban J connectivity index is 1.58. The molecule has 13 heteroatoms. The molecule has 0 fully saturated rings. The van der Waals surface area contributed by atoms with Gasteiger partial charge in [0.25, 0.3) is 5.69 Å². The highest BCUT2D eigenvalue weighted by molar-refractivity contribution is 6.31. The van der Waals surface area contributed by atoms with Crippen molar-refractivity contribution in [2.24, 2.45) is 0 Å². The summed E-state index contributed by atoms with van der Waals surface area (Å²) in [5.41, 5.74) is 4.24. The molecule has 180 valence electrons. The van der Waals surface area contributed by atoms with E-state index in [2.05, 4.69) is 21.5 Å². The summed E-state index contributed by atoms with van der Waals surface area (Å²) in [6, 6.07) is 9.76. The number of ether oxygens (including phenoxy) is 1. The number of nitrogens with zero attached hydrogens (tertiary/aromatic N) is 1. The molecule has 0 radical (unpaired) electrons. The standard InChI is InChI=1S/C21H18ClF4N5O3/c1-27-20(32)19-10-14(6-7-31(19)33)34-13-3-5-18(17(23)9-13)30-29-11-28-12-2-4-16(22)15(8-12)21(24,25)26/h2-10,28-30H,11H2,1H3,(H,27,32). The number of hydrogen-bond donors (Lipinski definition) is 4. The molecule has 0 atom stereocenters. The molecule has 3 rings (SSSR count). The maximum Gasteiger partial charge on any atom is 0.417 e. The number of anilines is 2. The molecule has 0 unspecified atom stereocenters. The van der Waals surface area contributed by atoms with Crippen molar-refractivity contribution in [1.29, 1.82) is 0 Å². The van der Waals surface area contributed by atoms with Gasteiger partial charge in [-0.3, -0.25) is 4.79 Å². The van der Waals surface area contributed by atoms with Crippen LogP contribution in [0.1, 0.15) is 16.1 Å².